The maximum absolute atomic E-state index is 10.8. The largest absolute Gasteiger partial charge is 0.478 e. The van der Waals surface area contributed by atoms with Crippen LogP contribution in [0.15, 0.2) is 12.3 Å². The van der Waals surface area contributed by atoms with E-state index in [0.29, 0.717) is 11.5 Å². The quantitative estimate of drug-likeness (QED) is 0.732. The summed E-state index contributed by atoms with van der Waals surface area (Å²) in [5.41, 5.74) is 1.37. The molecule has 0 aliphatic heterocycles. The van der Waals surface area contributed by atoms with Crippen molar-refractivity contribution in [3.05, 3.63) is 23.5 Å². The van der Waals surface area contributed by atoms with E-state index in [1.807, 2.05) is 0 Å². The average molecular weight is 179 g/mol. The lowest BCUT2D eigenvalue weighted by Crippen LogP contribution is -2.03. The third kappa shape index (κ3) is 1.46. The molecule has 0 aromatic carbocycles. The summed E-state index contributed by atoms with van der Waals surface area (Å²) >= 11 is 0. The van der Waals surface area contributed by atoms with Crippen LogP contribution < -0.4 is 0 Å². The van der Waals surface area contributed by atoms with Gasteiger partial charge in [-0.15, -0.1) is 0 Å². The molecule has 0 spiro atoms. The van der Waals surface area contributed by atoms with Crippen molar-refractivity contribution in [3.63, 3.8) is 0 Å². The second-order valence-corrected chi connectivity index (χ2v) is 3.59. The molecule has 1 fully saturated rings. The average Bonchev–Trinajstić information content (AvgIpc) is 2.74. The van der Waals surface area contributed by atoms with Gasteiger partial charge in [0.05, 0.1) is 5.56 Å². The molecule has 13 heavy (non-hydrogen) atoms. The first-order chi connectivity index (χ1) is 6.29. The van der Waals surface area contributed by atoms with E-state index in [2.05, 4.69) is 4.98 Å². The van der Waals surface area contributed by atoms with E-state index in [4.69, 9.17) is 5.11 Å². The van der Waals surface area contributed by atoms with E-state index in [0.717, 1.165) is 18.5 Å². The Labute approximate surface area is 76.8 Å². The molecule has 70 valence electrons. The normalized spacial score (nSPS) is 17.8. The fourth-order valence-corrected chi connectivity index (χ4v) is 2.12. The van der Waals surface area contributed by atoms with Crippen LogP contribution in [0, 0.1) is 0 Å². The topological polar surface area (TPSA) is 53.1 Å². The lowest BCUT2D eigenvalue weighted by atomic mass is 10.0. The standard InChI is InChI=1S/C10H13NO2/c12-10(13)8-5-6-11-9(8)7-3-1-2-4-7/h5-7,11H,1-4H2,(H,12,13). The molecule has 1 aliphatic carbocycles. The van der Waals surface area contributed by atoms with Crippen LogP contribution in [0.3, 0.4) is 0 Å². The van der Waals surface area contributed by atoms with Crippen molar-refractivity contribution >= 4 is 5.97 Å². The number of carboxylic acids is 1. The minimum absolute atomic E-state index is 0.445. The number of H-pyrrole nitrogens is 1. The number of aromatic amines is 1. The Morgan fingerprint density at radius 3 is 2.77 bits per heavy atom. The third-order valence-electron chi connectivity index (χ3n) is 2.77. The third-order valence-corrected chi connectivity index (χ3v) is 2.77. The van der Waals surface area contributed by atoms with Crippen molar-refractivity contribution in [1.82, 2.24) is 4.98 Å². The van der Waals surface area contributed by atoms with Gasteiger partial charge in [-0.1, -0.05) is 12.8 Å². The Kier molecular flexibility index (Phi) is 2.08. The van der Waals surface area contributed by atoms with Gasteiger partial charge in [0.25, 0.3) is 0 Å². The molecule has 3 heteroatoms. The van der Waals surface area contributed by atoms with Crippen molar-refractivity contribution in [2.75, 3.05) is 0 Å². The molecule has 1 aliphatic rings. The highest BCUT2D eigenvalue weighted by molar-refractivity contribution is 5.89. The number of nitrogens with one attached hydrogen (secondary N) is 1. The summed E-state index contributed by atoms with van der Waals surface area (Å²) in [5, 5.41) is 8.89. The number of aromatic carboxylic acids is 1. The van der Waals surface area contributed by atoms with Crippen molar-refractivity contribution in [2.24, 2.45) is 0 Å². The zero-order valence-corrected chi connectivity index (χ0v) is 7.42. The molecule has 1 aromatic rings. The summed E-state index contributed by atoms with van der Waals surface area (Å²) < 4.78 is 0. The maximum Gasteiger partial charge on any atom is 0.337 e. The summed E-state index contributed by atoms with van der Waals surface area (Å²) in [6.07, 6.45) is 6.42. The van der Waals surface area contributed by atoms with Crippen molar-refractivity contribution in [3.8, 4) is 0 Å². The molecule has 1 saturated carbocycles. The van der Waals surface area contributed by atoms with Gasteiger partial charge in [0.2, 0.25) is 0 Å². The van der Waals surface area contributed by atoms with Crippen LogP contribution in [0.25, 0.3) is 0 Å². The fraction of sp³-hybridized carbons (Fsp3) is 0.500. The minimum atomic E-state index is -0.817. The van der Waals surface area contributed by atoms with Gasteiger partial charge in [0.15, 0.2) is 0 Å². The second-order valence-electron chi connectivity index (χ2n) is 3.59. The summed E-state index contributed by atoms with van der Waals surface area (Å²) in [6, 6.07) is 1.65. The van der Waals surface area contributed by atoms with Crippen LogP contribution in [-0.4, -0.2) is 16.1 Å². The molecule has 1 aromatic heterocycles. The first-order valence-corrected chi connectivity index (χ1v) is 4.69. The van der Waals surface area contributed by atoms with E-state index < -0.39 is 5.97 Å². The van der Waals surface area contributed by atoms with Crippen molar-refractivity contribution in [1.29, 1.82) is 0 Å². The maximum atomic E-state index is 10.8. The molecule has 2 rings (SSSR count). The summed E-state index contributed by atoms with van der Waals surface area (Å²) in [4.78, 5) is 13.9. The van der Waals surface area contributed by atoms with Crippen LogP contribution in [0.2, 0.25) is 0 Å². The van der Waals surface area contributed by atoms with E-state index in [-0.39, 0.29) is 0 Å². The van der Waals surface area contributed by atoms with Gasteiger partial charge >= 0.3 is 5.97 Å². The van der Waals surface area contributed by atoms with Crippen LogP contribution >= 0.6 is 0 Å². The second kappa shape index (κ2) is 3.24. The molecule has 0 radical (unpaired) electrons. The predicted octanol–water partition coefficient (Wildman–Crippen LogP) is 2.37. The molecule has 3 nitrogen and oxygen atoms in total. The predicted molar refractivity (Wildman–Crippen MR) is 49.0 cm³/mol. The van der Waals surface area contributed by atoms with E-state index >= 15 is 0 Å². The number of aromatic nitrogens is 1. The fourth-order valence-electron chi connectivity index (χ4n) is 2.12. The zero-order chi connectivity index (χ0) is 9.26. The van der Waals surface area contributed by atoms with E-state index in [9.17, 15) is 4.79 Å². The Hall–Kier alpha value is -1.25. The SMILES string of the molecule is O=C(O)c1cc[nH]c1C1CCCC1. The molecule has 0 amide bonds. The highest BCUT2D eigenvalue weighted by Gasteiger charge is 2.23. The lowest BCUT2D eigenvalue weighted by molar-refractivity contribution is 0.0695. The minimum Gasteiger partial charge on any atom is -0.478 e. The number of carboxylic acid groups (broad SMARTS) is 1. The zero-order valence-electron chi connectivity index (χ0n) is 7.42. The van der Waals surface area contributed by atoms with Gasteiger partial charge in [-0.05, 0) is 24.8 Å². The highest BCUT2D eigenvalue weighted by Crippen LogP contribution is 2.34. The van der Waals surface area contributed by atoms with Crippen LogP contribution in [0.5, 0.6) is 0 Å². The Bertz CT molecular complexity index is 310. The molecule has 0 saturated heterocycles. The number of hydrogen-bond acceptors (Lipinski definition) is 1. The van der Waals surface area contributed by atoms with Gasteiger partial charge in [-0.25, -0.2) is 4.79 Å². The molecule has 2 N–H and O–H groups in total. The molecule has 1 heterocycles. The van der Waals surface area contributed by atoms with E-state index in [1.54, 1.807) is 12.3 Å². The van der Waals surface area contributed by atoms with Gasteiger partial charge in [-0.2, -0.15) is 0 Å². The number of carbonyl (C=O) groups is 1. The Balaban J connectivity index is 2.28. The Morgan fingerprint density at radius 2 is 2.15 bits per heavy atom. The van der Waals surface area contributed by atoms with Gasteiger partial charge in [0.1, 0.15) is 0 Å². The smallest absolute Gasteiger partial charge is 0.337 e. The molecule has 0 atom stereocenters. The summed E-state index contributed by atoms with van der Waals surface area (Å²) in [7, 11) is 0. The molecule has 0 unspecified atom stereocenters. The van der Waals surface area contributed by atoms with Crippen LogP contribution in [-0.2, 0) is 0 Å². The summed E-state index contributed by atoms with van der Waals surface area (Å²) in [6.45, 7) is 0. The lowest BCUT2D eigenvalue weighted by Gasteiger charge is -2.07. The van der Waals surface area contributed by atoms with Crippen LogP contribution in [0.4, 0.5) is 0 Å². The number of rotatable bonds is 2. The summed E-state index contributed by atoms with van der Waals surface area (Å²) in [5.74, 6) is -0.371. The monoisotopic (exact) mass is 179 g/mol. The van der Waals surface area contributed by atoms with Gasteiger partial charge in [0, 0.05) is 11.9 Å². The number of hydrogen-bond donors (Lipinski definition) is 2. The van der Waals surface area contributed by atoms with Gasteiger partial charge < -0.3 is 10.1 Å². The molecular formula is C10H13NO2. The Morgan fingerprint density at radius 1 is 1.46 bits per heavy atom. The first-order valence-electron chi connectivity index (χ1n) is 4.69. The first kappa shape index (κ1) is 8.35. The molecule has 0 bridgehead atoms. The molecular weight excluding hydrogens is 166 g/mol. The highest BCUT2D eigenvalue weighted by atomic mass is 16.4. The van der Waals surface area contributed by atoms with Crippen molar-refractivity contribution < 1.29 is 9.90 Å². The van der Waals surface area contributed by atoms with Crippen LogP contribution in [0.1, 0.15) is 47.7 Å². The van der Waals surface area contributed by atoms with Gasteiger partial charge in [-0.3, -0.25) is 0 Å². The van der Waals surface area contributed by atoms with Crippen molar-refractivity contribution in [2.45, 2.75) is 31.6 Å². The van der Waals surface area contributed by atoms with E-state index in [1.165, 1.54) is 12.8 Å².